The molecule has 0 aliphatic carbocycles. The molecule has 1 aliphatic rings. The van der Waals surface area contributed by atoms with Gasteiger partial charge in [-0.2, -0.15) is 0 Å². The Balaban J connectivity index is 1.44. The minimum absolute atomic E-state index is 0.212. The molecule has 0 amide bonds. The summed E-state index contributed by atoms with van der Waals surface area (Å²) in [5, 5.41) is 2.63. The lowest BCUT2D eigenvalue weighted by Gasteiger charge is -2.25. The third kappa shape index (κ3) is 6.16. The number of allylic oxidation sites excluding steroid dienone is 1. The molecule has 0 radical (unpaired) electrons. The van der Waals surface area contributed by atoms with Gasteiger partial charge in [0.05, 0.1) is 35.1 Å². The van der Waals surface area contributed by atoms with Crippen LogP contribution in [0.3, 0.4) is 0 Å². The number of halogens is 1. The standard InChI is InChI=1S/C36H31ClN2O5S/c1-4-42-30-19-24(15-18-29(30)44-21-23-13-16-26(37)17-14-23)20-31-34(40)39-33(28-12-8-10-25-9-6-7-11-27(25)28)32(35(41)43-5-2)22(3)38-36(39)45-31/h6-20,33H,4-5,21H2,1-3H3/b31-20-/t33-/m0/s1. The van der Waals surface area contributed by atoms with Crippen LogP contribution in [-0.4, -0.2) is 23.8 Å². The lowest BCUT2D eigenvalue weighted by Crippen LogP contribution is -2.40. The second-order valence-electron chi connectivity index (χ2n) is 10.4. The van der Waals surface area contributed by atoms with Crippen molar-refractivity contribution in [3.05, 3.63) is 138 Å². The van der Waals surface area contributed by atoms with E-state index in [1.165, 1.54) is 11.3 Å². The lowest BCUT2D eigenvalue weighted by molar-refractivity contribution is -0.139. The second-order valence-corrected chi connectivity index (χ2v) is 11.9. The van der Waals surface area contributed by atoms with Crippen LogP contribution in [0.4, 0.5) is 0 Å². The Labute approximate surface area is 269 Å². The van der Waals surface area contributed by atoms with Gasteiger partial charge < -0.3 is 14.2 Å². The monoisotopic (exact) mass is 638 g/mol. The number of fused-ring (bicyclic) bond motifs is 2. The normalized spacial score (nSPS) is 14.7. The van der Waals surface area contributed by atoms with Crippen LogP contribution >= 0.6 is 22.9 Å². The summed E-state index contributed by atoms with van der Waals surface area (Å²) in [5.74, 6) is 0.680. The topological polar surface area (TPSA) is 79.1 Å². The molecule has 0 saturated carbocycles. The van der Waals surface area contributed by atoms with Gasteiger partial charge >= 0.3 is 5.97 Å². The average molecular weight is 639 g/mol. The Morgan fingerprint density at radius 3 is 2.51 bits per heavy atom. The van der Waals surface area contributed by atoms with Crippen molar-refractivity contribution in [2.45, 2.75) is 33.4 Å². The summed E-state index contributed by atoms with van der Waals surface area (Å²) in [4.78, 5) is 32.8. The largest absolute Gasteiger partial charge is 0.490 e. The number of rotatable bonds is 9. The summed E-state index contributed by atoms with van der Waals surface area (Å²) in [7, 11) is 0. The average Bonchev–Trinajstić information content (AvgIpc) is 3.34. The number of hydrogen-bond donors (Lipinski definition) is 0. The van der Waals surface area contributed by atoms with Gasteiger partial charge in [0.15, 0.2) is 16.3 Å². The molecule has 1 aromatic heterocycles. The molecule has 6 rings (SSSR count). The van der Waals surface area contributed by atoms with Gasteiger partial charge in [-0.1, -0.05) is 83.6 Å². The van der Waals surface area contributed by atoms with Gasteiger partial charge in [-0.05, 0) is 78.6 Å². The molecule has 7 nitrogen and oxygen atoms in total. The van der Waals surface area contributed by atoms with Gasteiger partial charge in [0.2, 0.25) is 0 Å². The summed E-state index contributed by atoms with van der Waals surface area (Å²) in [6.07, 6.45) is 1.82. The molecule has 4 aromatic carbocycles. The molecule has 0 N–H and O–H groups in total. The third-order valence-electron chi connectivity index (χ3n) is 7.51. The van der Waals surface area contributed by atoms with Crippen LogP contribution in [-0.2, 0) is 16.1 Å². The highest BCUT2D eigenvalue weighted by molar-refractivity contribution is 7.07. The zero-order chi connectivity index (χ0) is 31.5. The maximum absolute atomic E-state index is 14.2. The summed E-state index contributed by atoms with van der Waals surface area (Å²) in [6.45, 7) is 6.47. The Morgan fingerprint density at radius 1 is 0.956 bits per heavy atom. The molecule has 9 heteroatoms. The number of ether oxygens (including phenoxy) is 3. The van der Waals surface area contributed by atoms with Crippen molar-refractivity contribution in [1.82, 2.24) is 4.57 Å². The number of nitrogens with zero attached hydrogens (tertiary/aromatic N) is 2. The van der Waals surface area contributed by atoms with E-state index in [2.05, 4.69) is 0 Å². The number of esters is 1. The van der Waals surface area contributed by atoms with E-state index in [0.717, 1.165) is 27.5 Å². The molecule has 228 valence electrons. The van der Waals surface area contributed by atoms with Crippen molar-refractivity contribution in [3.8, 4) is 11.5 Å². The third-order valence-corrected chi connectivity index (χ3v) is 8.74. The van der Waals surface area contributed by atoms with E-state index in [9.17, 15) is 9.59 Å². The molecule has 0 spiro atoms. The van der Waals surface area contributed by atoms with Crippen molar-refractivity contribution >= 4 is 45.8 Å². The number of carbonyl (C=O) groups is 1. The maximum Gasteiger partial charge on any atom is 0.338 e. The fourth-order valence-corrected chi connectivity index (χ4v) is 6.64. The molecule has 1 aliphatic heterocycles. The van der Waals surface area contributed by atoms with Crippen LogP contribution in [0, 0.1) is 0 Å². The molecule has 0 fully saturated rings. The molecule has 0 bridgehead atoms. The van der Waals surface area contributed by atoms with Crippen molar-refractivity contribution in [2.24, 2.45) is 4.99 Å². The highest BCUT2D eigenvalue weighted by Crippen LogP contribution is 2.35. The van der Waals surface area contributed by atoms with Gasteiger partial charge in [-0.25, -0.2) is 9.79 Å². The summed E-state index contributed by atoms with van der Waals surface area (Å²) >= 11 is 7.29. The predicted molar refractivity (Wildman–Crippen MR) is 178 cm³/mol. The van der Waals surface area contributed by atoms with Crippen LogP contribution < -0.4 is 24.4 Å². The molecule has 0 saturated heterocycles. The smallest absolute Gasteiger partial charge is 0.338 e. The predicted octanol–water partition coefficient (Wildman–Crippen LogP) is 6.58. The number of hydrogen-bond acceptors (Lipinski definition) is 7. The second kappa shape index (κ2) is 13.1. The van der Waals surface area contributed by atoms with Gasteiger partial charge in [-0.3, -0.25) is 9.36 Å². The number of aromatic nitrogens is 1. The molecule has 5 aromatic rings. The van der Waals surface area contributed by atoms with Gasteiger partial charge in [0, 0.05) is 5.02 Å². The molecule has 2 heterocycles. The highest BCUT2D eigenvalue weighted by atomic mass is 35.5. The first-order valence-corrected chi connectivity index (χ1v) is 15.9. The van der Waals surface area contributed by atoms with E-state index >= 15 is 0 Å². The maximum atomic E-state index is 14.2. The van der Waals surface area contributed by atoms with Crippen LogP contribution in [0.1, 0.15) is 43.5 Å². The van der Waals surface area contributed by atoms with Crippen LogP contribution in [0.25, 0.3) is 16.8 Å². The van der Waals surface area contributed by atoms with E-state index in [4.69, 9.17) is 30.8 Å². The van der Waals surface area contributed by atoms with Crippen molar-refractivity contribution in [3.63, 3.8) is 0 Å². The fourth-order valence-electron chi connectivity index (χ4n) is 5.47. The molecular weight excluding hydrogens is 608 g/mol. The summed E-state index contributed by atoms with van der Waals surface area (Å²) < 4.78 is 19.5. The number of carbonyl (C=O) groups excluding carboxylic acids is 1. The first-order valence-electron chi connectivity index (χ1n) is 14.7. The first-order chi connectivity index (χ1) is 21.9. The van der Waals surface area contributed by atoms with Gasteiger partial charge in [-0.15, -0.1) is 0 Å². The van der Waals surface area contributed by atoms with E-state index in [1.807, 2.05) is 97.9 Å². The molecule has 0 unspecified atom stereocenters. The highest BCUT2D eigenvalue weighted by Gasteiger charge is 2.34. The minimum atomic E-state index is -0.698. The van der Waals surface area contributed by atoms with E-state index in [0.29, 0.717) is 50.3 Å². The molecular formula is C36H31ClN2O5S. The molecule has 1 atom stereocenters. The van der Waals surface area contributed by atoms with Crippen LogP contribution in [0.15, 0.2) is 106 Å². The van der Waals surface area contributed by atoms with E-state index in [1.54, 1.807) is 18.4 Å². The van der Waals surface area contributed by atoms with E-state index < -0.39 is 12.0 Å². The Bertz CT molecular complexity index is 2110. The quantitative estimate of drug-likeness (QED) is 0.170. The van der Waals surface area contributed by atoms with Crippen LogP contribution in [0.2, 0.25) is 5.02 Å². The zero-order valence-corrected chi connectivity index (χ0v) is 26.7. The van der Waals surface area contributed by atoms with Crippen LogP contribution in [0.5, 0.6) is 11.5 Å². The van der Waals surface area contributed by atoms with Gasteiger partial charge in [0.25, 0.3) is 5.56 Å². The number of thiazole rings is 1. The summed E-state index contributed by atoms with van der Waals surface area (Å²) in [5.41, 5.74) is 3.22. The minimum Gasteiger partial charge on any atom is -0.490 e. The van der Waals surface area contributed by atoms with Crippen molar-refractivity contribution < 1.29 is 19.0 Å². The Kier molecular flexibility index (Phi) is 8.87. The van der Waals surface area contributed by atoms with Crippen molar-refractivity contribution in [1.29, 1.82) is 0 Å². The zero-order valence-electron chi connectivity index (χ0n) is 25.1. The van der Waals surface area contributed by atoms with Gasteiger partial charge in [0.1, 0.15) is 6.61 Å². The lowest BCUT2D eigenvalue weighted by atomic mass is 9.91. The van der Waals surface area contributed by atoms with E-state index in [-0.39, 0.29) is 12.2 Å². The summed E-state index contributed by atoms with van der Waals surface area (Å²) in [6, 6.07) is 26.2. The Morgan fingerprint density at radius 2 is 1.73 bits per heavy atom. The van der Waals surface area contributed by atoms with Crippen molar-refractivity contribution in [2.75, 3.05) is 13.2 Å². The Hall–Kier alpha value is -4.66. The molecule has 45 heavy (non-hydrogen) atoms. The first kappa shape index (κ1) is 30.4. The SMILES string of the molecule is CCOC(=O)C1=C(C)N=c2s/c(=C\c3ccc(OCc4ccc(Cl)cc4)c(OCC)c3)c(=O)n2[C@H]1c1cccc2ccccc12. The fraction of sp³-hybridized carbons (Fsp3) is 0.194. The number of benzene rings is 4.